The van der Waals surface area contributed by atoms with Crippen LogP contribution >= 0.6 is 0 Å². The van der Waals surface area contributed by atoms with E-state index in [0.717, 1.165) is 12.1 Å². The van der Waals surface area contributed by atoms with Crippen LogP contribution in [0.3, 0.4) is 0 Å². The van der Waals surface area contributed by atoms with Gasteiger partial charge in [0.1, 0.15) is 5.82 Å². The van der Waals surface area contributed by atoms with Crippen molar-refractivity contribution >= 4 is 5.97 Å². The molecular formula is C10H8FNO2. The Labute approximate surface area is 80.4 Å². The van der Waals surface area contributed by atoms with Gasteiger partial charge in [-0.05, 0) is 24.1 Å². The van der Waals surface area contributed by atoms with E-state index >= 15 is 0 Å². The minimum Gasteiger partial charge on any atom is -0.478 e. The zero-order chi connectivity index (χ0) is 10.7. The normalized spacial score (nSPS) is 9.50. The first kappa shape index (κ1) is 10.2. The molecule has 1 aromatic rings. The molecule has 0 aliphatic carbocycles. The number of halogens is 1. The summed E-state index contributed by atoms with van der Waals surface area (Å²) in [5.41, 5.74) is 0.329. The summed E-state index contributed by atoms with van der Waals surface area (Å²) in [4.78, 5) is 10.7. The molecule has 4 heteroatoms. The van der Waals surface area contributed by atoms with Gasteiger partial charge in [-0.25, -0.2) is 9.18 Å². The lowest BCUT2D eigenvalue weighted by Crippen LogP contribution is -2.05. The zero-order valence-corrected chi connectivity index (χ0v) is 7.54. The van der Waals surface area contributed by atoms with Crippen molar-refractivity contribution in [1.29, 1.82) is 5.26 Å². The Morgan fingerprint density at radius 2 is 2.29 bits per heavy atom. The first-order chi connectivity index (χ1) is 6.60. The number of rotatable bonds is 2. The lowest BCUT2D eigenvalue weighted by molar-refractivity contribution is 0.0695. The summed E-state index contributed by atoms with van der Waals surface area (Å²) in [6, 6.07) is 3.76. The van der Waals surface area contributed by atoms with Crippen molar-refractivity contribution < 1.29 is 14.3 Å². The average Bonchev–Trinajstić information content (AvgIpc) is 2.16. The van der Waals surface area contributed by atoms with Crippen molar-refractivity contribution in [3.8, 4) is 6.07 Å². The van der Waals surface area contributed by atoms with E-state index in [2.05, 4.69) is 0 Å². The third kappa shape index (κ3) is 1.72. The van der Waals surface area contributed by atoms with Gasteiger partial charge in [0, 0.05) is 0 Å². The largest absolute Gasteiger partial charge is 0.478 e. The van der Waals surface area contributed by atoms with Gasteiger partial charge in [0.2, 0.25) is 0 Å². The smallest absolute Gasteiger partial charge is 0.336 e. The summed E-state index contributed by atoms with van der Waals surface area (Å²) >= 11 is 0. The standard InChI is InChI=1S/C10H8FNO2/c1-2-8-6(5-12)3-7(11)4-9(8)10(13)14/h3-4H,2H2,1H3,(H,13,14). The number of hydrogen-bond donors (Lipinski definition) is 1. The summed E-state index contributed by atoms with van der Waals surface area (Å²) in [7, 11) is 0. The molecule has 0 radical (unpaired) electrons. The molecular weight excluding hydrogens is 185 g/mol. The van der Waals surface area contributed by atoms with Crippen molar-refractivity contribution in [3.63, 3.8) is 0 Å². The van der Waals surface area contributed by atoms with Crippen molar-refractivity contribution in [1.82, 2.24) is 0 Å². The maximum atomic E-state index is 12.9. The summed E-state index contributed by atoms with van der Waals surface area (Å²) < 4.78 is 12.9. The molecule has 0 fully saturated rings. The van der Waals surface area contributed by atoms with Crippen LogP contribution in [0.25, 0.3) is 0 Å². The third-order valence-electron chi connectivity index (χ3n) is 1.92. The van der Waals surface area contributed by atoms with Crippen LogP contribution in [0.2, 0.25) is 0 Å². The number of aromatic carboxylic acids is 1. The van der Waals surface area contributed by atoms with Gasteiger partial charge < -0.3 is 5.11 Å². The SMILES string of the molecule is CCc1c(C#N)cc(F)cc1C(=O)O. The number of carbonyl (C=O) groups is 1. The summed E-state index contributed by atoms with van der Waals surface area (Å²) in [6.45, 7) is 1.72. The highest BCUT2D eigenvalue weighted by Crippen LogP contribution is 2.17. The molecule has 1 N–H and O–H groups in total. The highest BCUT2D eigenvalue weighted by molar-refractivity contribution is 5.90. The number of nitrogens with zero attached hydrogens (tertiary/aromatic N) is 1. The van der Waals surface area contributed by atoms with Gasteiger partial charge in [0.15, 0.2) is 0 Å². The minimum absolute atomic E-state index is 0.0879. The molecule has 0 aliphatic rings. The Morgan fingerprint density at radius 3 is 2.71 bits per heavy atom. The zero-order valence-electron chi connectivity index (χ0n) is 7.54. The number of carboxylic acids is 1. The molecule has 0 saturated carbocycles. The van der Waals surface area contributed by atoms with Crippen molar-refractivity contribution in [2.75, 3.05) is 0 Å². The molecule has 0 saturated heterocycles. The maximum absolute atomic E-state index is 12.9. The van der Waals surface area contributed by atoms with Crippen LogP contribution in [0.5, 0.6) is 0 Å². The van der Waals surface area contributed by atoms with Crippen molar-refractivity contribution in [3.05, 3.63) is 34.6 Å². The molecule has 1 rings (SSSR count). The molecule has 0 unspecified atom stereocenters. The summed E-state index contributed by atoms with van der Waals surface area (Å²) in [5, 5.41) is 17.4. The second kappa shape index (κ2) is 3.88. The molecule has 1 aromatic carbocycles. The molecule has 0 atom stereocenters. The van der Waals surface area contributed by atoms with E-state index in [1.54, 1.807) is 13.0 Å². The van der Waals surface area contributed by atoms with Crippen LogP contribution < -0.4 is 0 Å². The van der Waals surface area contributed by atoms with E-state index < -0.39 is 11.8 Å². The number of benzene rings is 1. The fraction of sp³-hybridized carbons (Fsp3) is 0.200. The fourth-order valence-corrected chi connectivity index (χ4v) is 1.31. The first-order valence-corrected chi connectivity index (χ1v) is 4.06. The van der Waals surface area contributed by atoms with E-state index in [1.807, 2.05) is 0 Å². The minimum atomic E-state index is -1.21. The van der Waals surface area contributed by atoms with Crippen LogP contribution in [0.1, 0.15) is 28.4 Å². The van der Waals surface area contributed by atoms with Crippen molar-refractivity contribution in [2.45, 2.75) is 13.3 Å². The average molecular weight is 193 g/mol. The Hall–Kier alpha value is -1.89. The second-order valence-electron chi connectivity index (χ2n) is 2.75. The Bertz CT molecular complexity index is 421. The van der Waals surface area contributed by atoms with Gasteiger partial charge in [-0.2, -0.15) is 5.26 Å². The predicted octanol–water partition coefficient (Wildman–Crippen LogP) is 1.96. The summed E-state index contributed by atoms with van der Waals surface area (Å²) in [5.74, 6) is -1.91. The highest BCUT2D eigenvalue weighted by Gasteiger charge is 2.14. The van der Waals surface area contributed by atoms with Gasteiger partial charge in [0.05, 0.1) is 17.2 Å². The summed E-state index contributed by atoms with van der Waals surface area (Å²) in [6.07, 6.45) is 0.394. The van der Waals surface area contributed by atoms with Crippen molar-refractivity contribution in [2.24, 2.45) is 0 Å². The van der Waals surface area contributed by atoms with E-state index in [-0.39, 0.29) is 11.1 Å². The molecule has 3 nitrogen and oxygen atoms in total. The number of carboxylic acid groups (broad SMARTS) is 1. The lowest BCUT2D eigenvalue weighted by atomic mass is 9.99. The van der Waals surface area contributed by atoms with Crippen LogP contribution in [-0.2, 0) is 6.42 Å². The van der Waals surface area contributed by atoms with Gasteiger partial charge in [-0.3, -0.25) is 0 Å². The molecule has 0 heterocycles. The van der Waals surface area contributed by atoms with Gasteiger partial charge in [-0.1, -0.05) is 6.92 Å². The lowest BCUT2D eigenvalue weighted by Gasteiger charge is -2.05. The molecule has 14 heavy (non-hydrogen) atoms. The molecule has 0 aliphatic heterocycles. The third-order valence-corrected chi connectivity index (χ3v) is 1.92. The van der Waals surface area contributed by atoms with Crippen LogP contribution in [0.4, 0.5) is 4.39 Å². The fourth-order valence-electron chi connectivity index (χ4n) is 1.31. The number of hydrogen-bond acceptors (Lipinski definition) is 2. The first-order valence-electron chi connectivity index (χ1n) is 4.06. The Kier molecular flexibility index (Phi) is 2.82. The topological polar surface area (TPSA) is 61.1 Å². The van der Waals surface area contributed by atoms with Crippen LogP contribution in [0.15, 0.2) is 12.1 Å². The monoisotopic (exact) mass is 193 g/mol. The molecule has 0 aromatic heterocycles. The van der Waals surface area contributed by atoms with Crippen LogP contribution in [0, 0.1) is 17.1 Å². The van der Waals surface area contributed by atoms with Gasteiger partial charge in [0.25, 0.3) is 0 Å². The molecule has 0 amide bonds. The van der Waals surface area contributed by atoms with E-state index in [4.69, 9.17) is 10.4 Å². The quantitative estimate of drug-likeness (QED) is 0.780. The van der Waals surface area contributed by atoms with Crippen LogP contribution in [-0.4, -0.2) is 11.1 Å². The van der Waals surface area contributed by atoms with E-state index in [1.165, 1.54) is 0 Å². The predicted molar refractivity (Wildman–Crippen MR) is 47.5 cm³/mol. The van der Waals surface area contributed by atoms with Gasteiger partial charge in [-0.15, -0.1) is 0 Å². The molecule has 0 bridgehead atoms. The number of nitriles is 1. The second-order valence-corrected chi connectivity index (χ2v) is 2.75. The van der Waals surface area contributed by atoms with E-state index in [0.29, 0.717) is 12.0 Å². The highest BCUT2D eigenvalue weighted by atomic mass is 19.1. The van der Waals surface area contributed by atoms with E-state index in [9.17, 15) is 9.18 Å². The Morgan fingerprint density at radius 1 is 1.64 bits per heavy atom. The Balaban J connectivity index is 3.49. The maximum Gasteiger partial charge on any atom is 0.336 e. The molecule has 72 valence electrons. The van der Waals surface area contributed by atoms with Gasteiger partial charge >= 0.3 is 5.97 Å². The molecule has 0 spiro atoms.